The zero-order chi connectivity index (χ0) is 26.0. The lowest BCUT2D eigenvalue weighted by molar-refractivity contribution is 0.408. The van der Waals surface area contributed by atoms with Gasteiger partial charge in [-0.15, -0.1) is 0 Å². The summed E-state index contributed by atoms with van der Waals surface area (Å²) >= 11 is 0. The maximum atomic E-state index is 5.61. The molecule has 0 amide bonds. The normalized spacial score (nSPS) is 11.7. The Morgan fingerprint density at radius 3 is 1.11 bits per heavy atom. The van der Waals surface area contributed by atoms with Gasteiger partial charge in [0.25, 0.3) is 0 Å². The summed E-state index contributed by atoms with van der Waals surface area (Å²) in [7, 11) is 4.65. The van der Waals surface area contributed by atoms with E-state index in [4.69, 9.17) is 9.47 Å². The Labute approximate surface area is 220 Å². The molecule has 0 radical (unpaired) electrons. The summed E-state index contributed by atoms with van der Waals surface area (Å²) < 4.78 is 11.2. The van der Waals surface area contributed by atoms with Gasteiger partial charge in [0.1, 0.15) is 11.5 Å². The highest BCUT2D eigenvalue weighted by Crippen LogP contribution is 2.33. The molecule has 0 aliphatic carbocycles. The minimum Gasteiger partial charge on any atom is -0.496 e. The Kier molecular flexibility index (Phi) is 8.19. The van der Waals surface area contributed by atoms with Crippen LogP contribution < -0.4 is 30.7 Å². The van der Waals surface area contributed by atoms with Gasteiger partial charge in [0.2, 0.25) is 0 Å². The number of hydrogen-bond donors (Lipinski definition) is 0. The van der Waals surface area contributed by atoms with Crippen LogP contribution in [0.1, 0.15) is 33.4 Å². The highest BCUT2D eigenvalue weighted by molar-refractivity contribution is 7.56. The summed E-state index contributed by atoms with van der Waals surface area (Å²) in [6.07, 6.45) is 0. The van der Waals surface area contributed by atoms with Gasteiger partial charge >= 0.3 is 0 Å². The van der Waals surface area contributed by atoms with Crippen molar-refractivity contribution >= 4 is 38.4 Å². The van der Waals surface area contributed by atoms with Gasteiger partial charge in [-0.1, -0.05) is 53.6 Å². The molecule has 0 aromatic heterocycles. The molecular weight excluding hydrogens is 478 g/mol. The Bertz CT molecular complexity index is 1270. The Hall–Kier alpha value is -2.66. The van der Waals surface area contributed by atoms with Crippen molar-refractivity contribution in [3.05, 3.63) is 94.0 Å². The number of ether oxygens (including phenoxy) is 2. The van der Waals surface area contributed by atoms with Gasteiger partial charge in [-0.05, 0) is 132 Å². The van der Waals surface area contributed by atoms with Crippen molar-refractivity contribution in [1.29, 1.82) is 0 Å². The number of benzene rings is 4. The predicted molar refractivity (Wildman–Crippen MR) is 161 cm³/mol. The lowest BCUT2D eigenvalue weighted by Gasteiger charge is -2.20. The van der Waals surface area contributed by atoms with E-state index in [0.717, 1.165) is 11.5 Å². The molecule has 0 N–H and O–H groups in total. The average molecular weight is 515 g/mol. The first-order valence-electron chi connectivity index (χ1n) is 12.3. The smallest absolute Gasteiger partial charge is 0.124 e. The van der Waals surface area contributed by atoms with E-state index in [1.807, 2.05) is 0 Å². The van der Waals surface area contributed by atoms with Crippen molar-refractivity contribution in [3.8, 4) is 22.6 Å². The van der Waals surface area contributed by atoms with Gasteiger partial charge in [-0.3, -0.25) is 0 Å². The molecule has 0 saturated heterocycles. The summed E-state index contributed by atoms with van der Waals surface area (Å²) in [4.78, 5) is 0. The third-order valence-corrected chi connectivity index (χ3v) is 9.21. The van der Waals surface area contributed by atoms with Crippen molar-refractivity contribution in [1.82, 2.24) is 0 Å². The van der Waals surface area contributed by atoms with Crippen molar-refractivity contribution in [2.45, 2.75) is 41.5 Å². The van der Waals surface area contributed by atoms with Crippen LogP contribution in [0, 0.1) is 41.5 Å². The molecule has 4 rings (SSSR count). The van der Waals surface area contributed by atoms with E-state index in [9.17, 15) is 0 Å². The van der Waals surface area contributed by atoms with Crippen LogP contribution in [0.3, 0.4) is 0 Å². The van der Waals surface area contributed by atoms with E-state index in [1.54, 1.807) is 14.2 Å². The van der Waals surface area contributed by atoms with Crippen LogP contribution in [0.4, 0.5) is 0 Å². The third-order valence-electron chi connectivity index (χ3n) is 6.68. The molecule has 4 heteroatoms. The first kappa shape index (κ1) is 26.4. The second-order valence-corrected chi connectivity index (χ2v) is 12.3. The molecule has 4 aromatic carbocycles. The van der Waals surface area contributed by atoms with Gasteiger partial charge in [-0.2, -0.15) is 0 Å². The van der Waals surface area contributed by atoms with Crippen LogP contribution in [0.15, 0.2) is 60.7 Å². The molecule has 0 aliphatic heterocycles. The van der Waals surface area contributed by atoms with Gasteiger partial charge in [0, 0.05) is 0 Å². The summed E-state index contributed by atoms with van der Waals surface area (Å²) in [6.45, 7) is 13.0. The molecule has 4 aromatic rings. The average Bonchev–Trinajstić information content (AvgIpc) is 2.80. The van der Waals surface area contributed by atoms with Gasteiger partial charge in [0.15, 0.2) is 0 Å². The first-order valence-corrected chi connectivity index (χ1v) is 14.3. The number of methoxy groups -OCH3 is 2. The van der Waals surface area contributed by atoms with Crippen LogP contribution in [0.25, 0.3) is 11.1 Å². The molecule has 0 saturated carbocycles. The molecule has 0 spiro atoms. The van der Waals surface area contributed by atoms with Crippen molar-refractivity contribution in [3.63, 3.8) is 0 Å². The highest BCUT2D eigenvalue weighted by atomic mass is 31.1. The number of rotatable bonds is 7. The summed E-state index contributed by atoms with van der Waals surface area (Å²) in [5, 5.41) is 5.47. The third kappa shape index (κ3) is 5.36. The standard InChI is InChI=1S/C32H36O2P2/c1-19-11-9-13-27(35-25-15-21(3)31(33-7)22(4)16-25)29(19)30-20(2)12-10-14-28(30)36-26-17-23(5)32(34-8)24(6)18-26/h9-18,35-36H,1-8H3. The topological polar surface area (TPSA) is 18.5 Å². The van der Waals surface area contributed by atoms with Crippen molar-refractivity contribution in [2.75, 3.05) is 14.2 Å². The lowest BCUT2D eigenvalue weighted by Crippen LogP contribution is -2.15. The molecule has 0 aliphatic rings. The van der Waals surface area contributed by atoms with Crippen LogP contribution >= 0.6 is 17.2 Å². The van der Waals surface area contributed by atoms with Gasteiger partial charge in [0.05, 0.1) is 14.2 Å². The predicted octanol–water partition coefficient (Wildman–Crippen LogP) is 6.48. The van der Waals surface area contributed by atoms with Crippen LogP contribution in [-0.4, -0.2) is 14.2 Å². The zero-order valence-electron chi connectivity index (χ0n) is 22.6. The van der Waals surface area contributed by atoms with Crippen LogP contribution in [0.5, 0.6) is 11.5 Å². The van der Waals surface area contributed by atoms with Crippen molar-refractivity contribution < 1.29 is 9.47 Å². The summed E-state index contributed by atoms with van der Waals surface area (Å²) in [5.74, 6) is 1.97. The molecule has 36 heavy (non-hydrogen) atoms. The fourth-order valence-electron chi connectivity index (χ4n) is 5.21. The van der Waals surface area contributed by atoms with E-state index in [1.165, 1.54) is 65.7 Å². The van der Waals surface area contributed by atoms with Crippen molar-refractivity contribution in [2.24, 2.45) is 0 Å². The van der Waals surface area contributed by atoms with E-state index in [-0.39, 0.29) is 0 Å². The largest absolute Gasteiger partial charge is 0.496 e. The molecule has 0 fully saturated rings. The minimum absolute atomic E-state index is 0.574. The Morgan fingerprint density at radius 2 is 0.806 bits per heavy atom. The Morgan fingerprint density at radius 1 is 0.472 bits per heavy atom. The molecular formula is C32H36O2P2. The fraction of sp³-hybridized carbons (Fsp3) is 0.250. The monoisotopic (exact) mass is 514 g/mol. The maximum absolute atomic E-state index is 5.61. The molecule has 186 valence electrons. The van der Waals surface area contributed by atoms with E-state index >= 15 is 0 Å². The van der Waals surface area contributed by atoms with Gasteiger partial charge < -0.3 is 9.47 Å². The van der Waals surface area contributed by atoms with Gasteiger partial charge in [-0.25, -0.2) is 0 Å². The summed E-state index contributed by atoms with van der Waals surface area (Å²) in [6, 6.07) is 22.6. The second-order valence-electron chi connectivity index (χ2n) is 9.53. The molecule has 0 heterocycles. The van der Waals surface area contributed by atoms with Crippen LogP contribution in [-0.2, 0) is 0 Å². The van der Waals surface area contributed by atoms with Crippen LogP contribution in [0.2, 0.25) is 0 Å². The quantitative estimate of drug-likeness (QED) is 0.263. The zero-order valence-corrected chi connectivity index (χ0v) is 24.6. The SMILES string of the molecule is COc1c(C)cc(Pc2cccc(C)c2-c2c(C)cccc2Pc2cc(C)c(OC)c(C)c2)cc1C. The van der Waals surface area contributed by atoms with E-state index in [0.29, 0.717) is 17.2 Å². The second kappa shape index (κ2) is 11.2. The molecule has 0 bridgehead atoms. The Balaban J connectivity index is 1.81. The lowest BCUT2D eigenvalue weighted by atomic mass is 9.96. The number of aryl methyl sites for hydroxylation is 6. The van der Waals surface area contributed by atoms with E-state index in [2.05, 4.69) is 102 Å². The minimum atomic E-state index is 0.574. The number of hydrogen-bond acceptors (Lipinski definition) is 2. The molecule has 2 nitrogen and oxygen atoms in total. The first-order chi connectivity index (χ1) is 17.2. The highest BCUT2D eigenvalue weighted by Gasteiger charge is 2.17. The van der Waals surface area contributed by atoms with E-state index < -0.39 is 0 Å². The molecule has 2 unspecified atom stereocenters. The molecule has 2 atom stereocenters. The summed E-state index contributed by atoms with van der Waals surface area (Å²) in [5.41, 5.74) is 10.2. The maximum Gasteiger partial charge on any atom is 0.124 e. The fourth-order valence-corrected chi connectivity index (χ4v) is 8.24.